The highest BCUT2D eigenvalue weighted by molar-refractivity contribution is 9.10. The van der Waals surface area contributed by atoms with Gasteiger partial charge in [0.2, 0.25) is 0 Å². The Labute approximate surface area is 103 Å². The van der Waals surface area contributed by atoms with Gasteiger partial charge in [0, 0.05) is 10.0 Å². The van der Waals surface area contributed by atoms with Crippen LogP contribution in [-0.4, -0.2) is 19.3 Å². The minimum absolute atomic E-state index is 0.282. The van der Waals surface area contributed by atoms with E-state index >= 15 is 0 Å². The third kappa shape index (κ3) is 3.18. The molecule has 1 aromatic carbocycles. The number of carbonyl (C=O) groups is 1. The van der Waals surface area contributed by atoms with E-state index < -0.39 is 29.4 Å². The molecular weight excluding hydrogens is 308 g/mol. The number of hydrogen-bond acceptors (Lipinski definition) is 2. The van der Waals surface area contributed by atoms with Crippen LogP contribution in [0.4, 0.5) is 17.6 Å². The number of carbonyl (C=O) groups excluding carboxylic acids is 1. The number of methoxy groups -OCH3 is 1. The van der Waals surface area contributed by atoms with E-state index in [1.807, 2.05) is 0 Å². The van der Waals surface area contributed by atoms with E-state index in [1.54, 1.807) is 0 Å². The van der Waals surface area contributed by atoms with E-state index in [-0.39, 0.29) is 4.47 Å². The normalized spacial score (nSPS) is 13.3. The molecule has 0 N–H and O–H groups in total. The van der Waals surface area contributed by atoms with Crippen LogP contribution in [0.25, 0.3) is 0 Å². The molecule has 0 aromatic heterocycles. The molecule has 0 bridgehead atoms. The van der Waals surface area contributed by atoms with Crippen molar-refractivity contribution in [2.24, 2.45) is 0 Å². The second-order valence-electron chi connectivity index (χ2n) is 3.16. The zero-order valence-electron chi connectivity index (χ0n) is 8.52. The molecule has 1 atom stereocenters. The quantitative estimate of drug-likeness (QED) is 0.617. The zero-order valence-corrected chi connectivity index (χ0v) is 10.1. The fourth-order valence-electron chi connectivity index (χ4n) is 1.29. The molecule has 0 heterocycles. The predicted molar refractivity (Wildman–Crippen MR) is 54.9 cm³/mol. The molecule has 0 aliphatic carbocycles. The number of alkyl halides is 3. The molecule has 0 aliphatic heterocycles. The highest BCUT2D eigenvalue weighted by atomic mass is 79.9. The molecule has 0 spiro atoms. The van der Waals surface area contributed by atoms with Crippen LogP contribution in [0.15, 0.2) is 22.7 Å². The van der Waals surface area contributed by atoms with Crippen molar-refractivity contribution >= 4 is 21.9 Å². The third-order valence-corrected chi connectivity index (χ3v) is 2.53. The Morgan fingerprint density at radius 2 is 2.00 bits per heavy atom. The summed E-state index contributed by atoms with van der Waals surface area (Å²) in [5, 5.41) is 0. The second kappa shape index (κ2) is 5.03. The number of halogens is 5. The van der Waals surface area contributed by atoms with Crippen molar-refractivity contribution in [1.29, 1.82) is 0 Å². The Morgan fingerprint density at radius 1 is 1.41 bits per heavy atom. The van der Waals surface area contributed by atoms with Crippen LogP contribution in [0.2, 0.25) is 0 Å². The standard InChI is InChI=1S/C10H7BrF4O2/c1-17-9(16)8(10(13,14)15)6-3-2-5(11)4-7(6)12/h2-4,8H,1H3. The van der Waals surface area contributed by atoms with Crippen molar-refractivity contribution < 1.29 is 27.1 Å². The molecule has 0 saturated carbocycles. The molecule has 0 aliphatic rings. The maximum atomic E-state index is 13.4. The first kappa shape index (κ1) is 14.0. The van der Waals surface area contributed by atoms with E-state index in [9.17, 15) is 22.4 Å². The van der Waals surface area contributed by atoms with Gasteiger partial charge in [-0.15, -0.1) is 0 Å². The number of benzene rings is 1. The Balaban J connectivity index is 3.28. The summed E-state index contributed by atoms with van der Waals surface area (Å²) < 4.78 is 55.6. The molecule has 1 rings (SSSR count). The van der Waals surface area contributed by atoms with Crippen LogP contribution in [-0.2, 0) is 9.53 Å². The van der Waals surface area contributed by atoms with Crippen molar-refractivity contribution in [3.8, 4) is 0 Å². The highest BCUT2D eigenvalue weighted by Gasteiger charge is 2.48. The van der Waals surface area contributed by atoms with Crippen LogP contribution in [0.5, 0.6) is 0 Å². The fraction of sp³-hybridized carbons (Fsp3) is 0.300. The van der Waals surface area contributed by atoms with Gasteiger partial charge in [-0.1, -0.05) is 22.0 Å². The maximum Gasteiger partial charge on any atom is 0.406 e. The molecule has 1 aromatic rings. The summed E-state index contributed by atoms with van der Waals surface area (Å²) >= 11 is 2.91. The second-order valence-corrected chi connectivity index (χ2v) is 4.08. The Morgan fingerprint density at radius 3 is 2.41 bits per heavy atom. The Kier molecular flexibility index (Phi) is 4.13. The van der Waals surface area contributed by atoms with Gasteiger partial charge < -0.3 is 4.74 Å². The molecule has 0 radical (unpaired) electrons. The van der Waals surface area contributed by atoms with Gasteiger partial charge in [-0.25, -0.2) is 4.39 Å². The van der Waals surface area contributed by atoms with Crippen molar-refractivity contribution in [2.45, 2.75) is 12.1 Å². The van der Waals surface area contributed by atoms with Gasteiger partial charge in [-0.3, -0.25) is 4.79 Å². The van der Waals surface area contributed by atoms with E-state index in [1.165, 1.54) is 6.07 Å². The summed E-state index contributed by atoms with van der Waals surface area (Å²) in [6, 6.07) is 2.98. The lowest BCUT2D eigenvalue weighted by atomic mass is 9.98. The molecule has 1 unspecified atom stereocenters. The monoisotopic (exact) mass is 314 g/mol. The maximum absolute atomic E-state index is 13.4. The van der Waals surface area contributed by atoms with Gasteiger partial charge >= 0.3 is 12.1 Å². The highest BCUT2D eigenvalue weighted by Crippen LogP contribution is 2.37. The van der Waals surface area contributed by atoms with Crippen LogP contribution in [0.3, 0.4) is 0 Å². The van der Waals surface area contributed by atoms with E-state index in [0.717, 1.165) is 19.2 Å². The van der Waals surface area contributed by atoms with Crippen molar-refractivity contribution in [1.82, 2.24) is 0 Å². The lowest BCUT2D eigenvalue weighted by molar-refractivity contribution is -0.179. The summed E-state index contributed by atoms with van der Waals surface area (Å²) in [4.78, 5) is 11.1. The summed E-state index contributed by atoms with van der Waals surface area (Å²) in [6.45, 7) is 0. The molecular formula is C10H7BrF4O2. The van der Waals surface area contributed by atoms with Crippen molar-refractivity contribution in [2.75, 3.05) is 7.11 Å². The van der Waals surface area contributed by atoms with E-state index in [2.05, 4.69) is 20.7 Å². The minimum Gasteiger partial charge on any atom is -0.468 e. The van der Waals surface area contributed by atoms with Crippen molar-refractivity contribution in [3.63, 3.8) is 0 Å². The Hall–Kier alpha value is -1.11. The lowest BCUT2D eigenvalue weighted by Gasteiger charge is -2.18. The summed E-state index contributed by atoms with van der Waals surface area (Å²) in [7, 11) is 0.817. The van der Waals surface area contributed by atoms with E-state index in [0.29, 0.717) is 0 Å². The number of esters is 1. The summed E-state index contributed by atoms with van der Waals surface area (Å²) in [6.07, 6.45) is -4.90. The average molecular weight is 315 g/mol. The van der Waals surface area contributed by atoms with Gasteiger partial charge in [-0.05, 0) is 12.1 Å². The van der Waals surface area contributed by atoms with Crippen LogP contribution >= 0.6 is 15.9 Å². The lowest BCUT2D eigenvalue weighted by Crippen LogP contribution is -2.30. The summed E-state index contributed by atoms with van der Waals surface area (Å²) in [5.74, 6) is -5.27. The minimum atomic E-state index is -4.90. The molecule has 94 valence electrons. The first-order valence-electron chi connectivity index (χ1n) is 4.37. The van der Waals surface area contributed by atoms with Gasteiger partial charge in [0.25, 0.3) is 0 Å². The Bertz CT molecular complexity index is 431. The smallest absolute Gasteiger partial charge is 0.406 e. The third-order valence-electron chi connectivity index (χ3n) is 2.04. The first-order valence-corrected chi connectivity index (χ1v) is 5.16. The molecule has 2 nitrogen and oxygen atoms in total. The first-order chi connectivity index (χ1) is 7.77. The average Bonchev–Trinajstić information content (AvgIpc) is 2.19. The number of ether oxygens (including phenoxy) is 1. The van der Waals surface area contributed by atoms with E-state index in [4.69, 9.17) is 0 Å². The predicted octanol–water partition coefficient (Wildman–Crippen LogP) is 3.41. The zero-order chi connectivity index (χ0) is 13.2. The van der Waals surface area contributed by atoms with Gasteiger partial charge in [-0.2, -0.15) is 13.2 Å². The molecule has 0 amide bonds. The molecule has 7 heteroatoms. The van der Waals surface area contributed by atoms with Crippen LogP contribution < -0.4 is 0 Å². The SMILES string of the molecule is COC(=O)C(c1ccc(Br)cc1F)C(F)(F)F. The van der Waals surface area contributed by atoms with Crippen LogP contribution in [0.1, 0.15) is 11.5 Å². The van der Waals surface area contributed by atoms with Crippen molar-refractivity contribution in [3.05, 3.63) is 34.1 Å². The number of hydrogen-bond donors (Lipinski definition) is 0. The van der Waals surface area contributed by atoms with Gasteiger partial charge in [0.1, 0.15) is 5.82 Å². The van der Waals surface area contributed by atoms with Gasteiger partial charge in [0.05, 0.1) is 7.11 Å². The number of rotatable bonds is 2. The fourth-order valence-corrected chi connectivity index (χ4v) is 1.62. The summed E-state index contributed by atoms with van der Waals surface area (Å²) in [5.41, 5.74) is -0.757. The van der Waals surface area contributed by atoms with Gasteiger partial charge in [0.15, 0.2) is 5.92 Å². The molecule has 0 fully saturated rings. The van der Waals surface area contributed by atoms with Crippen LogP contribution in [0, 0.1) is 5.82 Å². The largest absolute Gasteiger partial charge is 0.468 e. The topological polar surface area (TPSA) is 26.3 Å². The molecule has 17 heavy (non-hydrogen) atoms. The molecule has 0 saturated heterocycles.